The van der Waals surface area contributed by atoms with Crippen LogP contribution in [0.5, 0.6) is 0 Å². The van der Waals surface area contributed by atoms with Crippen molar-refractivity contribution in [3.05, 3.63) is 29.8 Å². The highest BCUT2D eigenvalue weighted by atomic mass is 32.2. The van der Waals surface area contributed by atoms with Crippen molar-refractivity contribution in [1.82, 2.24) is 0 Å². The van der Waals surface area contributed by atoms with Gasteiger partial charge in [0.15, 0.2) is 0 Å². The van der Waals surface area contributed by atoms with Gasteiger partial charge in [-0.05, 0) is 38.3 Å². The highest BCUT2D eigenvalue weighted by Crippen LogP contribution is 2.28. The number of benzene rings is 1. The number of carbonyl (C=O) groups is 1. The average molecular weight is 298 g/mol. The average Bonchev–Trinajstić information content (AvgIpc) is 2.75. The minimum absolute atomic E-state index is 0.122. The lowest BCUT2D eigenvalue weighted by Gasteiger charge is -2.19. The Balaban J connectivity index is 2.11. The topological polar surface area (TPSA) is 69.7 Å². The maximum Gasteiger partial charge on any atom is 0.302 e. The Labute approximate surface area is 119 Å². The molecule has 1 saturated carbocycles. The summed E-state index contributed by atoms with van der Waals surface area (Å²) in [7, 11) is -3.82. The molecule has 0 heterocycles. The molecule has 0 aliphatic heterocycles. The van der Waals surface area contributed by atoms with Crippen molar-refractivity contribution in [1.29, 1.82) is 0 Å². The van der Waals surface area contributed by atoms with Crippen molar-refractivity contribution in [3.63, 3.8) is 0 Å². The van der Waals surface area contributed by atoms with E-state index in [2.05, 4.69) is 0 Å². The number of hydrogen-bond acceptors (Lipinski definition) is 5. The number of rotatable bonds is 4. The Morgan fingerprint density at radius 1 is 1.15 bits per heavy atom. The summed E-state index contributed by atoms with van der Waals surface area (Å²) in [4.78, 5) is 11.1. The normalized spacial score (nSPS) is 22.7. The largest absolute Gasteiger partial charge is 0.460 e. The Morgan fingerprint density at radius 2 is 1.75 bits per heavy atom. The summed E-state index contributed by atoms with van der Waals surface area (Å²) in [6.45, 7) is 3.19. The molecule has 0 saturated heterocycles. The van der Waals surface area contributed by atoms with Gasteiger partial charge in [-0.3, -0.25) is 8.98 Å². The molecular weight excluding hydrogens is 280 g/mol. The van der Waals surface area contributed by atoms with Gasteiger partial charge in [0.2, 0.25) is 0 Å². The lowest BCUT2D eigenvalue weighted by molar-refractivity contribution is -0.149. The first-order valence-electron chi connectivity index (χ1n) is 6.55. The third kappa shape index (κ3) is 3.58. The molecule has 2 unspecified atom stereocenters. The Kier molecular flexibility index (Phi) is 4.45. The molecule has 0 aromatic heterocycles. The summed E-state index contributed by atoms with van der Waals surface area (Å²) >= 11 is 0. The maximum absolute atomic E-state index is 12.2. The second kappa shape index (κ2) is 5.93. The van der Waals surface area contributed by atoms with Crippen molar-refractivity contribution >= 4 is 16.1 Å². The second-order valence-corrected chi connectivity index (χ2v) is 6.55. The third-order valence-electron chi connectivity index (χ3n) is 3.27. The summed E-state index contributed by atoms with van der Waals surface area (Å²) in [6, 6.07) is 6.46. The van der Waals surface area contributed by atoms with Gasteiger partial charge in [-0.15, -0.1) is 0 Å². The molecule has 1 fully saturated rings. The van der Waals surface area contributed by atoms with E-state index < -0.39 is 28.3 Å². The van der Waals surface area contributed by atoms with Crippen LogP contribution in [0.4, 0.5) is 0 Å². The lowest BCUT2D eigenvalue weighted by atomic mass is 10.2. The fraction of sp³-hybridized carbons (Fsp3) is 0.500. The van der Waals surface area contributed by atoms with Crippen LogP contribution in [0.1, 0.15) is 31.7 Å². The summed E-state index contributed by atoms with van der Waals surface area (Å²) < 4.78 is 34.7. The molecule has 6 heteroatoms. The quantitative estimate of drug-likeness (QED) is 0.629. The number of hydrogen-bond donors (Lipinski definition) is 0. The first-order chi connectivity index (χ1) is 9.38. The van der Waals surface area contributed by atoms with E-state index in [9.17, 15) is 13.2 Å². The van der Waals surface area contributed by atoms with Gasteiger partial charge in [-0.2, -0.15) is 8.42 Å². The van der Waals surface area contributed by atoms with Gasteiger partial charge in [-0.25, -0.2) is 0 Å². The van der Waals surface area contributed by atoms with Gasteiger partial charge in [-0.1, -0.05) is 17.7 Å². The van der Waals surface area contributed by atoms with E-state index in [1.807, 2.05) is 6.92 Å². The maximum atomic E-state index is 12.2. The van der Waals surface area contributed by atoms with E-state index in [4.69, 9.17) is 8.92 Å². The van der Waals surface area contributed by atoms with Crippen molar-refractivity contribution in [3.8, 4) is 0 Å². The summed E-state index contributed by atoms with van der Waals surface area (Å²) in [5.41, 5.74) is 0.975. The van der Waals surface area contributed by atoms with E-state index in [0.717, 1.165) is 12.0 Å². The molecule has 2 atom stereocenters. The minimum atomic E-state index is -3.82. The van der Waals surface area contributed by atoms with E-state index >= 15 is 0 Å². The van der Waals surface area contributed by atoms with Gasteiger partial charge in [0.1, 0.15) is 12.2 Å². The van der Waals surface area contributed by atoms with Crippen LogP contribution in [-0.4, -0.2) is 26.6 Å². The van der Waals surface area contributed by atoms with Crippen LogP contribution in [0.25, 0.3) is 0 Å². The van der Waals surface area contributed by atoms with Crippen LogP contribution in [0, 0.1) is 6.92 Å². The molecule has 5 nitrogen and oxygen atoms in total. The minimum Gasteiger partial charge on any atom is -0.460 e. The molecule has 2 rings (SSSR count). The van der Waals surface area contributed by atoms with Crippen LogP contribution in [0.3, 0.4) is 0 Å². The van der Waals surface area contributed by atoms with Crippen LogP contribution >= 0.6 is 0 Å². The van der Waals surface area contributed by atoms with Gasteiger partial charge < -0.3 is 4.74 Å². The fourth-order valence-corrected chi connectivity index (χ4v) is 3.40. The molecular formula is C14H18O5S. The predicted molar refractivity (Wildman–Crippen MR) is 72.6 cm³/mol. The zero-order valence-electron chi connectivity index (χ0n) is 11.5. The molecule has 0 radical (unpaired) electrons. The summed E-state index contributed by atoms with van der Waals surface area (Å²) in [5, 5.41) is 0. The number of carbonyl (C=O) groups excluding carboxylic acids is 1. The number of aryl methyl sites for hydroxylation is 1. The molecule has 0 spiro atoms. The summed E-state index contributed by atoms with van der Waals surface area (Å²) in [5.74, 6) is -0.418. The standard InChI is InChI=1S/C14H18O5S/c1-10-6-8-12(9-7-10)20(16,17)19-14-5-3-4-13(14)18-11(2)15/h6-9,13-14H,3-5H2,1-2H3. The zero-order valence-corrected chi connectivity index (χ0v) is 12.4. The molecule has 1 aliphatic carbocycles. The first kappa shape index (κ1) is 15.0. The first-order valence-corrected chi connectivity index (χ1v) is 7.96. The van der Waals surface area contributed by atoms with E-state index in [1.165, 1.54) is 19.1 Å². The smallest absolute Gasteiger partial charge is 0.302 e. The van der Waals surface area contributed by atoms with E-state index in [0.29, 0.717) is 12.8 Å². The van der Waals surface area contributed by atoms with Crippen molar-refractivity contribution in [2.24, 2.45) is 0 Å². The van der Waals surface area contributed by atoms with E-state index in [1.54, 1.807) is 12.1 Å². The third-order valence-corrected chi connectivity index (χ3v) is 4.62. The van der Waals surface area contributed by atoms with E-state index in [-0.39, 0.29) is 4.90 Å². The second-order valence-electron chi connectivity index (χ2n) is 4.98. The van der Waals surface area contributed by atoms with Crippen molar-refractivity contribution in [2.75, 3.05) is 0 Å². The highest BCUT2D eigenvalue weighted by Gasteiger charge is 2.34. The molecule has 20 heavy (non-hydrogen) atoms. The fourth-order valence-electron chi connectivity index (χ4n) is 2.27. The monoisotopic (exact) mass is 298 g/mol. The van der Waals surface area contributed by atoms with Crippen LogP contribution < -0.4 is 0 Å². The molecule has 0 amide bonds. The molecule has 0 N–H and O–H groups in total. The molecule has 110 valence electrons. The van der Waals surface area contributed by atoms with Crippen molar-refractivity contribution in [2.45, 2.75) is 50.2 Å². The SMILES string of the molecule is CC(=O)OC1CCCC1OS(=O)(=O)c1ccc(C)cc1. The highest BCUT2D eigenvalue weighted by molar-refractivity contribution is 7.86. The summed E-state index contributed by atoms with van der Waals surface area (Å²) in [6.07, 6.45) is 0.917. The van der Waals surface area contributed by atoms with Crippen LogP contribution in [-0.2, 0) is 23.8 Å². The van der Waals surface area contributed by atoms with Crippen LogP contribution in [0.15, 0.2) is 29.2 Å². The molecule has 0 bridgehead atoms. The van der Waals surface area contributed by atoms with Gasteiger partial charge >= 0.3 is 5.97 Å². The van der Waals surface area contributed by atoms with Gasteiger partial charge in [0.05, 0.1) is 4.90 Å². The zero-order chi connectivity index (χ0) is 14.8. The van der Waals surface area contributed by atoms with Gasteiger partial charge in [0, 0.05) is 6.92 Å². The Hall–Kier alpha value is -1.40. The Bertz CT molecular complexity index is 576. The Morgan fingerprint density at radius 3 is 2.35 bits per heavy atom. The number of ether oxygens (including phenoxy) is 1. The number of esters is 1. The van der Waals surface area contributed by atoms with Crippen LogP contribution in [0.2, 0.25) is 0 Å². The predicted octanol–water partition coefficient (Wildman–Crippen LogP) is 2.18. The lowest BCUT2D eigenvalue weighted by Crippen LogP contribution is -2.30. The van der Waals surface area contributed by atoms with Gasteiger partial charge in [0.25, 0.3) is 10.1 Å². The molecule has 1 aliphatic rings. The van der Waals surface area contributed by atoms with Crippen molar-refractivity contribution < 1.29 is 22.1 Å². The molecule has 1 aromatic carbocycles. The molecule has 1 aromatic rings.